The van der Waals surface area contributed by atoms with Crippen molar-refractivity contribution in [3.63, 3.8) is 0 Å². The molecule has 0 spiro atoms. The van der Waals surface area contributed by atoms with Gasteiger partial charge in [-0.2, -0.15) is 5.10 Å². The number of nitrogens with zero attached hydrogens (tertiary/aromatic N) is 1. The number of hydrazone groups is 1. The van der Waals surface area contributed by atoms with Gasteiger partial charge in [0.05, 0.1) is 46.8 Å². The quantitative estimate of drug-likeness (QED) is 0.170. The van der Waals surface area contributed by atoms with Crippen LogP contribution < -0.4 is 34.4 Å². The van der Waals surface area contributed by atoms with Gasteiger partial charge in [0, 0.05) is 5.56 Å². The average molecular weight is 522 g/mol. The molecule has 0 unspecified atom stereocenters. The van der Waals surface area contributed by atoms with Crippen LogP contribution in [0.5, 0.6) is 28.7 Å². The summed E-state index contributed by atoms with van der Waals surface area (Å²) in [4.78, 5) is 37.0. The maximum absolute atomic E-state index is 12.5. The highest BCUT2D eigenvalue weighted by atomic mass is 16.6. The highest BCUT2D eigenvalue weighted by Crippen LogP contribution is 2.38. The van der Waals surface area contributed by atoms with E-state index < -0.39 is 17.8 Å². The molecule has 0 aliphatic rings. The van der Waals surface area contributed by atoms with E-state index in [4.69, 9.17) is 23.7 Å². The smallest absolute Gasteiger partial charge is 0.343 e. The van der Waals surface area contributed by atoms with Crippen molar-refractivity contribution in [3.8, 4) is 28.7 Å². The molecular weight excluding hydrogens is 494 g/mol. The zero-order valence-corrected chi connectivity index (χ0v) is 21.3. The van der Waals surface area contributed by atoms with E-state index >= 15 is 0 Å². The molecule has 198 valence electrons. The van der Waals surface area contributed by atoms with Gasteiger partial charge < -0.3 is 29.0 Å². The molecule has 11 nitrogen and oxygen atoms in total. The molecule has 11 heteroatoms. The number of hydrogen-bond donors (Lipinski definition) is 2. The predicted molar refractivity (Wildman–Crippen MR) is 139 cm³/mol. The number of benzene rings is 3. The van der Waals surface area contributed by atoms with E-state index in [1.165, 1.54) is 46.8 Å². The zero-order chi connectivity index (χ0) is 27.5. The van der Waals surface area contributed by atoms with Gasteiger partial charge in [0.1, 0.15) is 0 Å². The summed E-state index contributed by atoms with van der Waals surface area (Å²) in [6.45, 7) is -0.329. The Balaban J connectivity index is 1.56. The molecule has 38 heavy (non-hydrogen) atoms. The number of ether oxygens (including phenoxy) is 5. The molecule has 2 amide bonds. The highest BCUT2D eigenvalue weighted by Gasteiger charge is 2.17. The minimum Gasteiger partial charge on any atom is -0.493 e. The van der Waals surface area contributed by atoms with Gasteiger partial charge in [0.2, 0.25) is 5.75 Å². The first-order valence-electron chi connectivity index (χ1n) is 11.3. The topological polar surface area (TPSA) is 134 Å². The Bertz CT molecular complexity index is 1300. The van der Waals surface area contributed by atoms with Crippen molar-refractivity contribution in [2.45, 2.75) is 0 Å². The molecule has 3 aromatic carbocycles. The van der Waals surface area contributed by atoms with Crippen molar-refractivity contribution in [1.82, 2.24) is 10.7 Å². The summed E-state index contributed by atoms with van der Waals surface area (Å²) in [6, 6.07) is 16.3. The molecule has 0 saturated heterocycles. The van der Waals surface area contributed by atoms with Gasteiger partial charge in [0.15, 0.2) is 23.0 Å². The maximum Gasteiger partial charge on any atom is 0.343 e. The third kappa shape index (κ3) is 7.00. The monoisotopic (exact) mass is 521 g/mol. The first-order valence-corrected chi connectivity index (χ1v) is 11.3. The second kappa shape index (κ2) is 13.3. The maximum atomic E-state index is 12.5. The summed E-state index contributed by atoms with van der Waals surface area (Å²) < 4.78 is 26.4. The number of rotatable bonds is 11. The van der Waals surface area contributed by atoms with E-state index in [2.05, 4.69) is 15.8 Å². The molecule has 3 rings (SSSR count). The lowest BCUT2D eigenvalue weighted by Crippen LogP contribution is -2.34. The van der Waals surface area contributed by atoms with Crippen LogP contribution in [0.3, 0.4) is 0 Å². The third-order valence-electron chi connectivity index (χ3n) is 5.14. The molecule has 0 aromatic heterocycles. The minimum absolute atomic E-state index is 0.218. The number of nitrogens with one attached hydrogen (secondary N) is 2. The second-order valence-corrected chi connectivity index (χ2v) is 7.56. The van der Waals surface area contributed by atoms with Crippen molar-refractivity contribution < 1.29 is 38.1 Å². The fraction of sp³-hybridized carbons (Fsp3) is 0.185. The normalized spacial score (nSPS) is 10.4. The summed E-state index contributed by atoms with van der Waals surface area (Å²) in [5.74, 6) is -0.0937. The van der Waals surface area contributed by atoms with Crippen LogP contribution in [0.2, 0.25) is 0 Å². The van der Waals surface area contributed by atoms with Crippen LogP contribution in [-0.4, -0.2) is 59.0 Å². The standard InChI is InChI=1S/C27H27N3O8/c1-34-21-12-17(10-11-20(21)38-27(33)18-8-6-5-7-9-18)15-29-30-24(31)16-28-26(32)19-13-22(35-2)25(37-4)23(14-19)36-3/h5-15H,16H2,1-4H3,(H,28,32)(H,30,31)/b29-15+. The number of methoxy groups -OCH3 is 4. The van der Waals surface area contributed by atoms with Gasteiger partial charge in [0.25, 0.3) is 11.8 Å². The molecule has 0 fully saturated rings. The molecule has 0 saturated carbocycles. The van der Waals surface area contributed by atoms with E-state index in [0.29, 0.717) is 34.1 Å². The van der Waals surface area contributed by atoms with Crippen molar-refractivity contribution in [3.05, 3.63) is 77.4 Å². The second-order valence-electron chi connectivity index (χ2n) is 7.56. The van der Waals surface area contributed by atoms with Gasteiger partial charge in [-0.25, -0.2) is 10.2 Å². The van der Waals surface area contributed by atoms with Crippen LogP contribution in [0.15, 0.2) is 65.8 Å². The molecule has 3 aromatic rings. The molecular formula is C27H27N3O8. The van der Waals surface area contributed by atoms with Gasteiger partial charge in [-0.15, -0.1) is 0 Å². The first-order chi connectivity index (χ1) is 18.4. The fourth-order valence-electron chi connectivity index (χ4n) is 3.27. The molecule has 0 aliphatic carbocycles. The summed E-state index contributed by atoms with van der Waals surface area (Å²) in [5.41, 5.74) is 3.52. The number of hydrogen-bond acceptors (Lipinski definition) is 9. The largest absolute Gasteiger partial charge is 0.493 e. The fourth-order valence-corrected chi connectivity index (χ4v) is 3.27. The van der Waals surface area contributed by atoms with Gasteiger partial charge >= 0.3 is 5.97 Å². The van der Waals surface area contributed by atoms with E-state index in [-0.39, 0.29) is 17.9 Å². The van der Waals surface area contributed by atoms with Crippen LogP contribution in [0, 0.1) is 0 Å². The van der Waals surface area contributed by atoms with Gasteiger partial charge in [-0.3, -0.25) is 9.59 Å². The Hall–Kier alpha value is -5.06. The SMILES string of the molecule is COc1cc(/C=N/NC(=O)CNC(=O)c2cc(OC)c(OC)c(OC)c2)ccc1OC(=O)c1ccccc1. The van der Waals surface area contributed by atoms with Crippen LogP contribution in [0.4, 0.5) is 0 Å². The highest BCUT2D eigenvalue weighted by molar-refractivity contribution is 5.97. The van der Waals surface area contributed by atoms with Crippen molar-refractivity contribution in [1.29, 1.82) is 0 Å². The molecule has 0 heterocycles. The Morgan fingerprint density at radius 2 is 1.42 bits per heavy atom. The third-order valence-corrected chi connectivity index (χ3v) is 5.14. The van der Waals surface area contributed by atoms with Crippen LogP contribution in [0.1, 0.15) is 26.3 Å². The molecule has 0 radical (unpaired) electrons. The Labute approximate surface area is 219 Å². The molecule has 0 atom stereocenters. The van der Waals surface area contributed by atoms with Crippen LogP contribution in [0.25, 0.3) is 0 Å². The van der Waals surface area contributed by atoms with Crippen LogP contribution in [-0.2, 0) is 4.79 Å². The van der Waals surface area contributed by atoms with Crippen LogP contribution >= 0.6 is 0 Å². The lowest BCUT2D eigenvalue weighted by Gasteiger charge is -2.14. The summed E-state index contributed by atoms with van der Waals surface area (Å²) in [5, 5.41) is 6.39. The van der Waals surface area contributed by atoms with Gasteiger partial charge in [-0.1, -0.05) is 18.2 Å². The summed E-state index contributed by atoms with van der Waals surface area (Å²) in [6.07, 6.45) is 1.38. The Kier molecular flexibility index (Phi) is 9.64. The van der Waals surface area contributed by atoms with E-state index in [1.807, 2.05) is 0 Å². The average Bonchev–Trinajstić information content (AvgIpc) is 2.95. The van der Waals surface area contributed by atoms with Crippen molar-refractivity contribution in [2.75, 3.05) is 35.0 Å². The van der Waals surface area contributed by atoms with Gasteiger partial charge in [-0.05, 0) is 48.0 Å². The summed E-state index contributed by atoms with van der Waals surface area (Å²) in [7, 11) is 5.76. The number of carbonyl (C=O) groups is 3. The van der Waals surface area contributed by atoms with E-state index in [9.17, 15) is 14.4 Å². The Morgan fingerprint density at radius 1 is 0.763 bits per heavy atom. The molecule has 0 aliphatic heterocycles. The Morgan fingerprint density at radius 3 is 2.03 bits per heavy atom. The predicted octanol–water partition coefficient (Wildman–Crippen LogP) is 2.82. The lowest BCUT2D eigenvalue weighted by molar-refractivity contribution is -0.120. The number of amides is 2. The number of esters is 1. The molecule has 2 N–H and O–H groups in total. The van der Waals surface area contributed by atoms with Crippen molar-refractivity contribution >= 4 is 24.0 Å². The zero-order valence-electron chi connectivity index (χ0n) is 21.3. The minimum atomic E-state index is -0.553. The van der Waals surface area contributed by atoms with Crippen molar-refractivity contribution in [2.24, 2.45) is 5.10 Å². The molecule has 0 bridgehead atoms. The first kappa shape index (κ1) is 27.5. The lowest BCUT2D eigenvalue weighted by atomic mass is 10.1. The van der Waals surface area contributed by atoms with E-state index in [1.54, 1.807) is 48.5 Å². The summed E-state index contributed by atoms with van der Waals surface area (Å²) >= 11 is 0. The van der Waals surface area contributed by atoms with E-state index in [0.717, 1.165) is 0 Å². The number of carbonyl (C=O) groups excluding carboxylic acids is 3.